The number of nitrogens with one attached hydrogen (secondary N) is 1. The molecule has 3 fully saturated rings. The Kier molecular flexibility index (Phi) is 7.31. The quantitative estimate of drug-likeness (QED) is 0.703. The first-order valence-electron chi connectivity index (χ1n) is 12.4. The molecular formula is C26H39N3O2. The van der Waals surface area contributed by atoms with Gasteiger partial charge in [0.15, 0.2) is 0 Å². The number of nitrogens with zero attached hydrogens (tertiary/aromatic N) is 2. The zero-order valence-electron chi connectivity index (χ0n) is 19.3. The summed E-state index contributed by atoms with van der Waals surface area (Å²) in [5.41, 5.74) is 0.694. The van der Waals surface area contributed by atoms with E-state index in [0.29, 0.717) is 18.0 Å². The lowest BCUT2D eigenvalue weighted by Crippen LogP contribution is -2.50. The lowest BCUT2D eigenvalue weighted by molar-refractivity contribution is -0.125. The minimum atomic E-state index is -0.323. The van der Waals surface area contributed by atoms with E-state index in [2.05, 4.69) is 24.1 Å². The molecule has 0 bridgehead atoms. The van der Waals surface area contributed by atoms with Gasteiger partial charge in [-0.05, 0) is 68.5 Å². The van der Waals surface area contributed by atoms with Gasteiger partial charge in [-0.15, -0.1) is 0 Å². The van der Waals surface area contributed by atoms with E-state index in [1.165, 1.54) is 25.9 Å². The second kappa shape index (κ2) is 10.2. The third-order valence-electron chi connectivity index (χ3n) is 7.54. The van der Waals surface area contributed by atoms with E-state index >= 15 is 0 Å². The maximum Gasteiger partial charge on any atom is 0.254 e. The molecule has 31 heavy (non-hydrogen) atoms. The van der Waals surface area contributed by atoms with Crippen molar-refractivity contribution in [3.63, 3.8) is 0 Å². The fraction of sp³-hybridized carbons (Fsp3) is 0.692. The summed E-state index contributed by atoms with van der Waals surface area (Å²) in [7, 11) is 0. The first-order chi connectivity index (χ1) is 15.0. The normalized spacial score (nSPS) is 31.3. The van der Waals surface area contributed by atoms with Crippen LogP contribution in [0.2, 0.25) is 0 Å². The van der Waals surface area contributed by atoms with Crippen molar-refractivity contribution in [3.05, 3.63) is 35.9 Å². The Morgan fingerprint density at radius 1 is 1.00 bits per heavy atom. The van der Waals surface area contributed by atoms with Crippen molar-refractivity contribution in [2.75, 3.05) is 26.2 Å². The third-order valence-corrected chi connectivity index (χ3v) is 7.54. The van der Waals surface area contributed by atoms with Crippen LogP contribution >= 0.6 is 0 Å². The molecule has 1 N–H and O–H groups in total. The zero-order chi connectivity index (χ0) is 21.8. The highest BCUT2D eigenvalue weighted by Crippen LogP contribution is 2.40. The summed E-state index contributed by atoms with van der Waals surface area (Å²) in [5, 5.41) is 3.17. The summed E-state index contributed by atoms with van der Waals surface area (Å²) in [6.07, 6.45) is 7.64. The van der Waals surface area contributed by atoms with Crippen LogP contribution in [0.25, 0.3) is 0 Å². The van der Waals surface area contributed by atoms with Gasteiger partial charge in [-0.3, -0.25) is 9.59 Å². The van der Waals surface area contributed by atoms with Crippen LogP contribution in [0.4, 0.5) is 0 Å². The van der Waals surface area contributed by atoms with E-state index < -0.39 is 0 Å². The van der Waals surface area contributed by atoms with Gasteiger partial charge in [0.25, 0.3) is 5.91 Å². The molecule has 4 rings (SSSR count). The lowest BCUT2D eigenvalue weighted by Gasteiger charge is -2.35. The topological polar surface area (TPSA) is 52.7 Å². The molecule has 5 unspecified atom stereocenters. The minimum absolute atomic E-state index is 0.0199. The standard InChI is InChI=1S/C26H39N3O2/c1-19-15-20(2)18-28(17-19)14-8-13-27-25(30)24-16-22-11-6-7-12-23(22)29(24)26(31)21-9-4-3-5-10-21/h3-5,9-10,19-20,22-24H,6-8,11-18H2,1-2H3,(H,27,30). The summed E-state index contributed by atoms with van der Waals surface area (Å²) in [5.74, 6) is 2.05. The van der Waals surface area contributed by atoms with Gasteiger partial charge in [-0.1, -0.05) is 44.9 Å². The van der Waals surface area contributed by atoms with E-state index in [0.717, 1.165) is 50.5 Å². The number of carbonyl (C=O) groups is 2. The van der Waals surface area contributed by atoms with Gasteiger partial charge >= 0.3 is 0 Å². The Hall–Kier alpha value is -1.88. The van der Waals surface area contributed by atoms with Gasteiger partial charge in [-0.25, -0.2) is 0 Å². The highest BCUT2D eigenvalue weighted by Gasteiger charge is 2.47. The van der Waals surface area contributed by atoms with Crippen LogP contribution in [0.5, 0.6) is 0 Å². The Balaban J connectivity index is 1.34. The Morgan fingerprint density at radius 3 is 2.45 bits per heavy atom. The number of benzene rings is 1. The van der Waals surface area contributed by atoms with E-state index in [4.69, 9.17) is 0 Å². The van der Waals surface area contributed by atoms with Crippen molar-refractivity contribution in [2.45, 2.75) is 70.9 Å². The number of carbonyl (C=O) groups excluding carboxylic acids is 2. The maximum absolute atomic E-state index is 13.4. The average molecular weight is 426 g/mol. The molecule has 0 radical (unpaired) electrons. The van der Waals surface area contributed by atoms with Crippen LogP contribution in [0.1, 0.15) is 69.2 Å². The first-order valence-corrected chi connectivity index (χ1v) is 12.4. The summed E-state index contributed by atoms with van der Waals surface area (Å²) in [6.45, 7) is 8.74. The molecule has 1 saturated carbocycles. The molecule has 5 atom stereocenters. The van der Waals surface area contributed by atoms with Gasteiger partial charge < -0.3 is 15.1 Å². The molecule has 1 aromatic rings. The van der Waals surface area contributed by atoms with Gasteiger partial charge in [0.05, 0.1) is 0 Å². The van der Waals surface area contributed by atoms with Crippen molar-refractivity contribution in [1.82, 2.24) is 15.1 Å². The molecule has 2 aliphatic heterocycles. The van der Waals surface area contributed by atoms with Crippen molar-refractivity contribution in [2.24, 2.45) is 17.8 Å². The molecule has 1 aromatic carbocycles. The molecule has 5 nitrogen and oxygen atoms in total. The Bertz CT molecular complexity index is 742. The molecule has 1 aliphatic carbocycles. The van der Waals surface area contributed by atoms with Crippen LogP contribution < -0.4 is 5.32 Å². The van der Waals surface area contributed by atoms with E-state index in [9.17, 15) is 9.59 Å². The number of fused-ring (bicyclic) bond motifs is 1. The number of rotatable bonds is 6. The monoisotopic (exact) mass is 425 g/mol. The predicted molar refractivity (Wildman–Crippen MR) is 124 cm³/mol. The van der Waals surface area contributed by atoms with Crippen molar-refractivity contribution in [3.8, 4) is 0 Å². The smallest absolute Gasteiger partial charge is 0.254 e. The van der Waals surface area contributed by atoms with Gasteiger partial charge in [0.2, 0.25) is 5.91 Å². The molecule has 3 aliphatic rings. The highest BCUT2D eigenvalue weighted by atomic mass is 16.2. The number of amides is 2. The van der Waals surface area contributed by atoms with Crippen LogP contribution in [-0.4, -0.2) is 59.9 Å². The van der Waals surface area contributed by atoms with Gasteiger partial charge in [0.1, 0.15) is 6.04 Å². The van der Waals surface area contributed by atoms with E-state index in [1.54, 1.807) is 0 Å². The average Bonchev–Trinajstić information content (AvgIpc) is 3.16. The maximum atomic E-state index is 13.4. The first kappa shape index (κ1) is 22.3. The molecule has 0 spiro atoms. The van der Waals surface area contributed by atoms with Crippen molar-refractivity contribution < 1.29 is 9.59 Å². The Morgan fingerprint density at radius 2 is 1.71 bits per heavy atom. The number of piperidine rings is 1. The summed E-state index contributed by atoms with van der Waals surface area (Å²) < 4.78 is 0. The van der Waals surface area contributed by atoms with Crippen LogP contribution in [0, 0.1) is 17.8 Å². The van der Waals surface area contributed by atoms with E-state index in [1.807, 2.05) is 35.2 Å². The minimum Gasteiger partial charge on any atom is -0.354 e. The number of hydrogen-bond acceptors (Lipinski definition) is 3. The van der Waals surface area contributed by atoms with E-state index in [-0.39, 0.29) is 23.9 Å². The summed E-state index contributed by atoms with van der Waals surface area (Å²) in [6, 6.07) is 9.36. The highest BCUT2D eigenvalue weighted by molar-refractivity contribution is 5.98. The van der Waals surface area contributed by atoms with Gasteiger partial charge in [0, 0.05) is 31.2 Å². The van der Waals surface area contributed by atoms with Gasteiger partial charge in [-0.2, -0.15) is 0 Å². The predicted octanol–water partition coefficient (Wildman–Crippen LogP) is 3.94. The number of hydrogen-bond donors (Lipinski definition) is 1. The largest absolute Gasteiger partial charge is 0.354 e. The SMILES string of the molecule is CC1CC(C)CN(CCCNC(=O)C2CC3CCCCC3N2C(=O)c2ccccc2)C1. The Labute approximate surface area is 187 Å². The fourth-order valence-electron chi connectivity index (χ4n) is 6.32. The van der Waals surface area contributed by atoms with Crippen molar-refractivity contribution in [1.29, 1.82) is 0 Å². The fourth-order valence-corrected chi connectivity index (χ4v) is 6.32. The number of likely N-dealkylation sites (tertiary alicyclic amines) is 2. The molecule has 2 saturated heterocycles. The lowest BCUT2D eigenvalue weighted by atomic mass is 9.84. The van der Waals surface area contributed by atoms with Crippen LogP contribution in [-0.2, 0) is 4.79 Å². The molecule has 2 amide bonds. The second-order valence-corrected chi connectivity index (χ2v) is 10.3. The molecule has 170 valence electrons. The summed E-state index contributed by atoms with van der Waals surface area (Å²) >= 11 is 0. The summed E-state index contributed by atoms with van der Waals surface area (Å²) in [4.78, 5) is 31.0. The van der Waals surface area contributed by atoms with Crippen LogP contribution in [0.3, 0.4) is 0 Å². The molecule has 5 heteroatoms. The van der Waals surface area contributed by atoms with Crippen molar-refractivity contribution >= 4 is 11.8 Å². The zero-order valence-corrected chi connectivity index (χ0v) is 19.3. The third kappa shape index (κ3) is 5.31. The molecule has 2 heterocycles. The molecule has 0 aromatic heterocycles. The van der Waals surface area contributed by atoms with Crippen LogP contribution in [0.15, 0.2) is 30.3 Å². The second-order valence-electron chi connectivity index (χ2n) is 10.3. The molecular weight excluding hydrogens is 386 g/mol.